The molecule has 3 nitrogen and oxygen atoms in total. The highest BCUT2D eigenvalue weighted by Gasteiger charge is 2.16. The van der Waals surface area contributed by atoms with Crippen LogP contribution >= 0.6 is 11.6 Å². The van der Waals surface area contributed by atoms with Crippen molar-refractivity contribution in [1.29, 1.82) is 0 Å². The van der Waals surface area contributed by atoms with Crippen molar-refractivity contribution in [3.63, 3.8) is 0 Å². The van der Waals surface area contributed by atoms with Gasteiger partial charge >= 0.3 is 0 Å². The molecule has 1 aliphatic carbocycles. The average molecular weight is 294 g/mol. The molecule has 0 amide bonds. The fraction of sp³-hybridized carbons (Fsp3) is 0.500. The number of hydrogen-bond acceptors (Lipinski definition) is 3. The Balaban J connectivity index is 1.69. The van der Waals surface area contributed by atoms with Crippen molar-refractivity contribution >= 4 is 11.6 Å². The molecule has 1 N–H and O–H groups in total. The first kappa shape index (κ1) is 13.8. The van der Waals surface area contributed by atoms with Crippen LogP contribution in [0.25, 0.3) is 0 Å². The van der Waals surface area contributed by atoms with E-state index in [9.17, 15) is 0 Å². The Bertz CT molecular complexity index is 501. The Hall–Kier alpha value is -1.19. The van der Waals surface area contributed by atoms with Gasteiger partial charge in [-0.15, -0.1) is 0 Å². The third-order valence-corrected chi connectivity index (χ3v) is 4.01. The molecule has 20 heavy (non-hydrogen) atoms. The van der Waals surface area contributed by atoms with E-state index in [4.69, 9.17) is 21.1 Å². The summed E-state index contributed by atoms with van der Waals surface area (Å²) in [5, 5.41) is 4.22. The van der Waals surface area contributed by atoms with Gasteiger partial charge in [0.1, 0.15) is 0 Å². The van der Waals surface area contributed by atoms with Crippen LogP contribution in [-0.2, 0) is 6.54 Å². The molecule has 4 heteroatoms. The number of nitrogens with one attached hydrogen (secondary N) is 1. The zero-order chi connectivity index (χ0) is 13.8. The predicted octanol–water partition coefficient (Wildman–Crippen LogP) is 3.70. The van der Waals surface area contributed by atoms with Crippen LogP contribution in [0.4, 0.5) is 0 Å². The zero-order valence-corrected chi connectivity index (χ0v) is 12.3. The first-order valence-electron chi connectivity index (χ1n) is 7.29. The molecule has 0 fully saturated rings. The summed E-state index contributed by atoms with van der Waals surface area (Å²) in [6, 6.07) is 4.58. The summed E-state index contributed by atoms with van der Waals surface area (Å²) >= 11 is 6.30. The molecule has 0 spiro atoms. The van der Waals surface area contributed by atoms with Crippen LogP contribution in [-0.4, -0.2) is 19.3 Å². The predicted molar refractivity (Wildman–Crippen MR) is 80.7 cm³/mol. The minimum atomic E-state index is 0.565. The van der Waals surface area contributed by atoms with Crippen LogP contribution in [0.1, 0.15) is 31.2 Å². The first-order chi connectivity index (χ1) is 9.83. The monoisotopic (exact) mass is 293 g/mol. The minimum absolute atomic E-state index is 0.565. The van der Waals surface area contributed by atoms with Gasteiger partial charge < -0.3 is 14.8 Å². The van der Waals surface area contributed by atoms with Gasteiger partial charge in [-0.1, -0.05) is 23.8 Å². The van der Waals surface area contributed by atoms with Crippen molar-refractivity contribution in [3.05, 3.63) is 34.9 Å². The van der Waals surface area contributed by atoms with E-state index in [-0.39, 0.29) is 0 Å². The van der Waals surface area contributed by atoms with Gasteiger partial charge in [-0.05, 0) is 37.0 Å². The largest absolute Gasteiger partial charge is 0.489 e. The van der Waals surface area contributed by atoms with Crippen molar-refractivity contribution in [2.45, 2.75) is 38.3 Å². The molecule has 1 aromatic rings. The number of ether oxygens (including phenoxy) is 2. The Morgan fingerprint density at radius 3 is 2.95 bits per heavy atom. The van der Waals surface area contributed by atoms with Gasteiger partial charge in [-0.2, -0.15) is 0 Å². The standard InChI is InChI=1S/C16H20ClNO2/c17-14-9-12(11-18-13-5-2-1-3-6-13)10-15-16(14)20-8-4-7-19-15/h1-2,9-10,13,18H,3-8,11H2. The van der Waals surface area contributed by atoms with Crippen molar-refractivity contribution in [2.24, 2.45) is 0 Å². The van der Waals surface area contributed by atoms with E-state index < -0.39 is 0 Å². The van der Waals surface area contributed by atoms with Gasteiger partial charge in [0.2, 0.25) is 0 Å². The highest BCUT2D eigenvalue weighted by molar-refractivity contribution is 6.32. The summed E-state index contributed by atoms with van der Waals surface area (Å²) in [6.45, 7) is 2.17. The molecule has 108 valence electrons. The Morgan fingerprint density at radius 2 is 2.10 bits per heavy atom. The molecule has 0 radical (unpaired) electrons. The normalized spacial score (nSPS) is 21.6. The van der Waals surface area contributed by atoms with Gasteiger partial charge in [-0.3, -0.25) is 0 Å². The molecule has 1 atom stereocenters. The number of benzene rings is 1. The molecule has 3 rings (SSSR count). The smallest absolute Gasteiger partial charge is 0.179 e. The fourth-order valence-corrected chi connectivity index (χ4v) is 2.92. The van der Waals surface area contributed by atoms with E-state index in [1.54, 1.807) is 0 Å². The molecule has 1 aliphatic heterocycles. The third kappa shape index (κ3) is 3.28. The van der Waals surface area contributed by atoms with E-state index in [0.29, 0.717) is 30.0 Å². The van der Waals surface area contributed by atoms with Gasteiger partial charge in [0.15, 0.2) is 11.5 Å². The summed E-state index contributed by atoms with van der Waals surface area (Å²) < 4.78 is 11.4. The van der Waals surface area contributed by atoms with Crippen molar-refractivity contribution in [1.82, 2.24) is 5.32 Å². The highest BCUT2D eigenvalue weighted by atomic mass is 35.5. The van der Waals surface area contributed by atoms with Crippen LogP contribution in [0.15, 0.2) is 24.3 Å². The quantitative estimate of drug-likeness (QED) is 0.862. The lowest BCUT2D eigenvalue weighted by molar-refractivity contribution is 0.297. The van der Waals surface area contributed by atoms with E-state index in [2.05, 4.69) is 17.5 Å². The topological polar surface area (TPSA) is 30.5 Å². The van der Waals surface area contributed by atoms with Crippen LogP contribution in [0.3, 0.4) is 0 Å². The van der Waals surface area contributed by atoms with Gasteiger partial charge in [0.25, 0.3) is 0 Å². The summed E-state index contributed by atoms with van der Waals surface area (Å²) in [6.07, 6.45) is 8.88. The van der Waals surface area contributed by atoms with Crippen LogP contribution in [0.2, 0.25) is 5.02 Å². The lowest BCUT2D eigenvalue weighted by Crippen LogP contribution is -2.29. The maximum Gasteiger partial charge on any atom is 0.179 e. The molecule has 1 unspecified atom stereocenters. The second-order valence-electron chi connectivity index (χ2n) is 5.32. The van der Waals surface area contributed by atoms with Gasteiger partial charge in [0, 0.05) is 19.0 Å². The van der Waals surface area contributed by atoms with Gasteiger partial charge in [0.05, 0.1) is 18.2 Å². The zero-order valence-electron chi connectivity index (χ0n) is 11.5. The van der Waals surface area contributed by atoms with Crippen LogP contribution in [0, 0.1) is 0 Å². The van der Waals surface area contributed by atoms with E-state index in [1.165, 1.54) is 12.8 Å². The molecule has 1 heterocycles. The molecular weight excluding hydrogens is 274 g/mol. The number of allylic oxidation sites excluding steroid dienone is 1. The highest BCUT2D eigenvalue weighted by Crippen LogP contribution is 2.38. The number of hydrogen-bond donors (Lipinski definition) is 1. The van der Waals surface area contributed by atoms with Gasteiger partial charge in [-0.25, -0.2) is 0 Å². The average Bonchev–Trinajstić information content (AvgIpc) is 2.72. The molecule has 0 saturated carbocycles. The fourth-order valence-electron chi connectivity index (χ4n) is 2.63. The minimum Gasteiger partial charge on any atom is -0.489 e. The number of fused-ring (bicyclic) bond motifs is 1. The van der Waals surface area contributed by atoms with Crippen molar-refractivity contribution in [3.8, 4) is 11.5 Å². The van der Waals surface area contributed by atoms with Crippen molar-refractivity contribution in [2.75, 3.05) is 13.2 Å². The van der Waals surface area contributed by atoms with E-state index >= 15 is 0 Å². The van der Waals surface area contributed by atoms with Crippen LogP contribution < -0.4 is 14.8 Å². The summed E-state index contributed by atoms with van der Waals surface area (Å²) in [4.78, 5) is 0. The summed E-state index contributed by atoms with van der Waals surface area (Å²) in [5.41, 5.74) is 1.15. The summed E-state index contributed by atoms with van der Waals surface area (Å²) in [7, 11) is 0. The lowest BCUT2D eigenvalue weighted by Gasteiger charge is -2.20. The SMILES string of the molecule is Clc1cc(CNC2CC=CCC2)cc2c1OCCCO2. The van der Waals surface area contributed by atoms with E-state index in [1.807, 2.05) is 12.1 Å². The molecular formula is C16H20ClNO2. The molecule has 0 bridgehead atoms. The maximum atomic E-state index is 6.30. The Kier molecular flexibility index (Phi) is 4.48. The summed E-state index contributed by atoms with van der Waals surface area (Å²) in [5.74, 6) is 1.46. The first-order valence-corrected chi connectivity index (χ1v) is 7.67. The van der Waals surface area contributed by atoms with Crippen LogP contribution in [0.5, 0.6) is 11.5 Å². The maximum absolute atomic E-state index is 6.30. The third-order valence-electron chi connectivity index (χ3n) is 3.73. The Labute approximate surface area is 124 Å². The molecule has 0 saturated heterocycles. The molecule has 0 aromatic heterocycles. The van der Waals surface area contributed by atoms with E-state index in [0.717, 1.165) is 30.7 Å². The molecule has 2 aliphatic rings. The second-order valence-corrected chi connectivity index (χ2v) is 5.72. The second kappa shape index (κ2) is 6.51. The number of halogens is 1. The molecule has 1 aromatic carbocycles. The van der Waals surface area contributed by atoms with Crippen molar-refractivity contribution < 1.29 is 9.47 Å². The number of rotatable bonds is 3. The lowest BCUT2D eigenvalue weighted by atomic mass is 10.0. The Morgan fingerprint density at radius 1 is 1.20 bits per heavy atom.